The fourth-order valence-corrected chi connectivity index (χ4v) is 7.00. The second kappa shape index (κ2) is 15.8. The van der Waals surface area contributed by atoms with Crippen molar-refractivity contribution in [2.45, 2.75) is 64.2 Å². The van der Waals surface area contributed by atoms with Gasteiger partial charge in [0.25, 0.3) is 12.9 Å². The number of primary amides is 1. The lowest BCUT2D eigenvalue weighted by Crippen LogP contribution is -2.38. The van der Waals surface area contributed by atoms with E-state index >= 15 is 0 Å². The minimum atomic E-state index is -2.74. The molecule has 3 amide bonds. The third-order valence-corrected chi connectivity index (χ3v) is 10.0. The van der Waals surface area contributed by atoms with Crippen molar-refractivity contribution in [1.82, 2.24) is 19.1 Å². The highest BCUT2D eigenvalue weighted by Gasteiger charge is 2.43. The van der Waals surface area contributed by atoms with Gasteiger partial charge < -0.3 is 33.8 Å². The first kappa shape index (κ1) is 38.0. The van der Waals surface area contributed by atoms with Gasteiger partial charge in [-0.1, -0.05) is 28.9 Å². The van der Waals surface area contributed by atoms with Gasteiger partial charge in [0.1, 0.15) is 48.4 Å². The Morgan fingerprint density at radius 3 is 1.78 bits per heavy atom. The Hall–Kier alpha value is -5.33. The third kappa shape index (κ3) is 7.79. The number of carbonyl (C=O) groups is 3. The average Bonchev–Trinajstić information content (AvgIpc) is 3.92. The van der Waals surface area contributed by atoms with Crippen molar-refractivity contribution in [3.8, 4) is 34.3 Å². The summed E-state index contributed by atoms with van der Waals surface area (Å²) in [6.45, 7) is 3.20. The number of amides is 3. The molecule has 14 nitrogen and oxygen atoms in total. The molecule has 4 aliphatic heterocycles. The van der Waals surface area contributed by atoms with Crippen LogP contribution < -0.4 is 25.0 Å². The predicted octanol–water partition coefficient (Wildman–Crippen LogP) is 6.27. The van der Waals surface area contributed by atoms with Crippen LogP contribution in [0.4, 0.5) is 38.8 Å². The van der Waals surface area contributed by atoms with Crippen LogP contribution in [0.2, 0.25) is 0 Å². The summed E-state index contributed by atoms with van der Waals surface area (Å²) in [6, 6.07) is 8.36. The summed E-state index contributed by atoms with van der Waals surface area (Å²) in [5.74, 6) is 1.91. The van der Waals surface area contributed by atoms with Gasteiger partial charge in [0.05, 0.1) is 24.3 Å². The summed E-state index contributed by atoms with van der Waals surface area (Å²) in [5.41, 5.74) is 7.67. The molecule has 0 saturated carbocycles. The molecule has 19 heteroatoms. The normalized spacial score (nSPS) is 19.6. The number of nitrogens with zero attached hydrogens (tertiary/aromatic N) is 6. The van der Waals surface area contributed by atoms with Gasteiger partial charge in [-0.3, -0.25) is 4.79 Å². The van der Waals surface area contributed by atoms with Gasteiger partial charge in [0.15, 0.2) is 11.6 Å². The molecule has 2 N–H and O–H groups in total. The van der Waals surface area contributed by atoms with Gasteiger partial charge in [-0.25, -0.2) is 46.9 Å². The maximum atomic E-state index is 13.3. The van der Waals surface area contributed by atoms with Crippen molar-refractivity contribution >= 4 is 45.7 Å². The van der Waals surface area contributed by atoms with Crippen LogP contribution in [0.1, 0.15) is 25.3 Å². The molecule has 4 aliphatic rings. The molecule has 292 valence electrons. The number of aromatic nitrogens is 4. The Labute approximate surface area is 320 Å². The average molecular weight is 835 g/mol. The summed E-state index contributed by atoms with van der Waals surface area (Å²) in [6.07, 6.45) is -1.99. The van der Waals surface area contributed by atoms with Gasteiger partial charge in [-0.15, -0.1) is 0 Å². The molecule has 2 fully saturated rings. The van der Waals surface area contributed by atoms with Gasteiger partial charge in [0, 0.05) is 35.9 Å². The van der Waals surface area contributed by atoms with Crippen LogP contribution in [0, 0.1) is 5.92 Å². The highest BCUT2D eigenvalue weighted by Crippen LogP contribution is 2.38. The van der Waals surface area contributed by atoms with Crippen molar-refractivity contribution < 1.29 is 50.9 Å². The first-order chi connectivity index (χ1) is 26.4. The molecular weight excluding hydrogens is 798 g/mol. The number of aryl methyl sites for hydroxylation is 2. The van der Waals surface area contributed by atoms with Gasteiger partial charge in [-0.05, 0) is 55.2 Å². The minimum absolute atomic E-state index is 0.122. The Balaban J connectivity index is 0.000000172. The van der Waals surface area contributed by atoms with E-state index in [1.165, 1.54) is 0 Å². The van der Waals surface area contributed by atoms with Crippen molar-refractivity contribution in [3.63, 3.8) is 0 Å². The molecule has 2 aromatic carbocycles. The Kier molecular flexibility index (Phi) is 10.9. The van der Waals surface area contributed by atoms with Crippen LogP contribution in [0.3, 0.4) is 0 Å². The zero-order chi connectivity index (χ0) is 39.0. The molecule has 0 bridgehead atoms. The molecule has 8 rings (SSSR count). The quantitative estimate of drug-likeness (QED) is 0.212. The topological polar surface area (TPSA) is 156 Å². The summed E-state index contributed by atoms with van der Waals surface area (Å²) >= 11 is 3.41. The van der Waals surface area contributed by atoms with Crippen LogP contribution in [0.15, 0.2) is 53.3 Å². The molecule has 0 radical (unpaired) electrons. The number of imidazole rings is 2. The molecule has 3 atom stereocenters. The molecule has 0 spiro atoms. The number of fused-ring (bicyclic) bond motifs is 6. The van der Waals surface area contributed by atoms with Crippen LogP contribution in [0.5, 0.6) is 11.5 Å². The number of benzene rings is 2. The largest absolute Gasteiger partial charge is 0.493 e. The SMILES string of the molecule is C[C@H](Cc1ccc2c(c1)OCCCn1cc(N3C(=O)OC[C@H]3C(F)F)nc1-2)C(N)=O.O=C1OC[C@@H](C(F)F)N1c1cn2c(n1)-c1ccc(Br)cc1OCCC2. The van der Waals surface area contributed by atoms with Crippen LogP contribution >= 0.6 is 15.9 Å². The lowest BCUT2D eigenvalue weighted by atomic mass is 9.99. The summed E-state index contributed by atoms with van der Waals surface area (Å²) in [4.78, 5) is 46.1. The fourth-order valence-electron chi connectivity index (χ4n) is 6.66. The maximum Gasteiger partial charge on any atom is 0.416 e. The van der Waals surface area contributed by atoms with E-state index in [1.54, 1.807) is 19.3 Å². The third-order valence-electron chi connectivity index (χ3n) is 9.52. The molecule has 2 saturated heterocycles. The highest BCUT2D eigenvalue weighted by atomic mass is 79.9. The molecule has 55 heavy (non-hydrogen) atoms. The van der Waals surface area contributed by atoms with Crippen LogP contribution in [-0.2, 0) is 33.8 Å². The predicted molar refractivity (Wildman–Crippen MR) is 193 cm³/mol. The van der Waals surface area contributed by atoms with E-state index in [2.05, 4.69) is 25.9 Å². The van der Waals surface area contributed by atoms with Crippen LogP contribution in [0.25, 0.3) is 22.8 Å². The molecule has 0 unspecified atom stereocenters. The summed E-state index contributed by atoms with van der Waals surface area (Å²) in [7, 11) is 0. The number of hydrogen-bond donors (Lipinski definition) is 1. The lowest BCUT2D eigenvalue weighted by molar-refractivity contribution is -0.121. The molecular formula is C36H36BrF4N7O7. The molecule has 6 heterocycles. The number of anilines is 2. The van der Waals surface area contributed by atoms with Crippen molar-refractivity contribution in [1.29, 1.82) is 0 Å². The number of cyclic esters (lactones) is 2. The van der Waals surface area contributed by atoms with E-state index in [9.17, 15) is 31.9 Å². The second-order valence-electron chi connectivity index (χ2n) is 13.3. The highest BCUT2D eigenvalue weighted by molar-refractivity contribution is 9.10. The number of halogens is 5. The number of rotatable bonds is 7. The number of ether oxygens (including phenoxy) is 4. The lowest BCUT2D eigenvalue weighted by Gasteiger charge is -2.18. The van der Waals surface area contributed by atoms with E-state index in [0.717, 1.165) is 31.8 Å². The van der Waals surface area contributed by atoms with Gasteiger partial charge in [0.2, 0.25) is 5.91 Å². The molecule has 2 aromatic heterocycles. The molecule has 4 aromatic rings. The first-order valence-corrected chi connectivity index (χ1v) is 18.3. The van der Waals surface area contributed by atoms with E-state index in [4.69, 9.17) is 24.7 Å². The van der Waals surface area contributed by atoms with E-state index in [1.807, 2.05) is 45.5 Å². The number of alkyl halides is 4. The van der Waals surface area contributed by atoms with E-state index < -0.39 is 37.1 Å². The zero-order valence-electron chi connectivity index (χ0n) is 29.4. The summed E-state index contributed by atoms with van der Waals surface area (Å²) in [5, 5.41) is 0. The number of hydrogen-bond acceptors (Lipinski definition) is 9. The fraction of sp³-hybridized carbons (Fsp3) is 0.417. The van der Waals surface area contributed by atoms with Crippen molar-refractivity contribution in [3.05, 3.63) is 58.8 Å². The van der Waals surface area contributed by atoms with Crippen molar-refractivity contribution in [2.75, 3.05) is 36.2 Å². The number of carbonyl (C=O) groups excluding carboxylic acids is 3. The Morgan fingerprint density at radius 1 is 0.800 bits per heavy atom. The first-order valence-electron chi connectivity index (χ1n) is 17.5. The Morgan fingerprint density at radius 2 is 1.29 bits per heavy atom. The smallest absolute Gasteiger partial charge is 0.416 e. The van der Waals surface area contributed by atoms with Crippen LogP contribution in [-0.4, -0.2) is 88.6 Å². The molecule has 0 aliphatic carbocycles. The van der Waals surface area contributed by atoms with Gasteiger partial charge >= 0.3 is 12.2 Å². The zero-order valence-corrected chi connectivity index (χ0v) is 31.0. The van der Waals surface area contributed by atoms with Gasteiger partial charge in [-0.2, -0.15) is 0 Å². The Bertz CT molecular complexity index is 2100. The summed E-state index contributed by atoms with van der Waals surface area (Å²) < 4.78 is 78.9. The van der Waals surface area contributed by atoms with E-state index in [0.29, 0.717) is 67.9 Å². The monoisotopic (exact) mass is 833 g/mol. The maximum absolute atomic E-state index is 13.3. The number of nitrogens with two attached hydrogens (primary N) is 1. The minimum Gasteiger partial charge on any atom is -0.493 e. The second-order valence-corrected chi connectivity index (χ2v) is 14.2. The van der Waals surface area contributed by atoms with E-state index in [-0.39, 0.29) is 36.7 Å². The standard InChI is InChI=1S/C20H22F2N4O4.C16H14BrF2N3O3/c1-11(18(23)27)7-12-3-4-13-15(8-12)29-6-2-5-25-9-16(24-19(13)25)26-14(17(21)22)10-30-20(26)28;17-9-2-3-10-12(6-9)24-5-1-4-21-7-13(20-15(10)21)22-11(14(18)19)8-25-16(22)23/h3-4,8-9,11,14,17H,2,5-7,10H2,1H3,(H2,23,27);2-3,6-7,11,14H,1,4-5,8H2/t11-,14+;11-/m10/s1. The van der Waals surface area contributed by atoms with Crippen molar-refractivity contribution in [2.24, 2.45) is 11.7 Å².